The van der Waals surface area contributed by atoms with Gasteiger partial charge in [-0.15, -0.1) is 11.3 Å². The van der Waals surface area contributed by atoms with Gasteiger partial charge in [-0.1, -0.05) is 107 Å². The maximum absolute atomic E-state index is 13.5. The zero-order valence-corrected chi connectivity index (χ0v) is 25.6. The van der Waals surface area contributed by atoms with Crippen LogP contribution in [0.5, 0.6) is 0 Å². The van der Waals surface area contributed by atoms with Crippen molar-refractivity contribution in [2.24, 2.45) is 22.5 Å². The molecule has 37 heavy (non-hydrogen) atoms. The lowest BCUT2D eigenvalue weighted by Crippen LogP contribution is -2.34. The van der Waals surface area contributed by atoms with Crippen LogP contribution in [0.15, 0.2) is 0 Å². The van der Waals surface area contributed by atoms with Gasteiger partial charge in [0.05, 0.1) is 11.2 Å². The highest BCUT2D eigenvalue weighted by molar-refractivity contribution is 7.17. The maximum Gasteiger partial charge on any atom is 0.252 e. The monoisotopic (exact) mass is 532 g/mol. The van der Waals surface area contributed by atoms with Crippen LogP contribution in [-0.2, 0) is 20.7 Å². The highest BCUT2D eigenvalue weighted by Crippen LogP contribution is 2.69. The highest BCUT2D eigenvalue weighted by atomic mass is 32.1. The number of amides is 2. The summed E-state index contributed by atoms with van der Waals surface area (Å²) in [5.74, 6) is -0.549. The average Bonchev–Trinajstić information content (AvgIpc) is 3.12. The summed E-state index contributed by atoms with van der Waals surface area (Å²) in [7, 11) is 0. The van der Waals surface area contributed by atoms with E-state index in [1.54, 1.807) is 11.3 Å². The molecule has 0 saturated heterocycles. The molecule has 210 valence electrons. The van der Waals surface area contributed by atoms with Crippen LogP contribution < -0.4 is 11.1 Å². The molecule has 1 aromatic heterocycles. The third kappa shape index (κ3) is 5.26. The molecule has 6 heteroatoms. The zero-order chi connectivity index (χ0) is 27.6. The van der Waals surface area contributed by atoms with Gasteiger partial charge in [-0.25, -0.2) is 0 Å². The highest BCUT2D eigenvalue weighted by Gasteiger charge is 2.68. The smallest absolute Gasteiger partial charge is 0.252 e. The first kappa shape index (κ1) is 30.1. The van der Waals surface area contributed by atoms with Crippen molar-refractivity contribution < 1.29 is 14.3 Å². The first-order valence-corrected chi connectivity index (χ1v) is 15.7. The Labute approximate surface area is 229 Å². The number of thiophene rings is 1. The van der Waals surface area contributed by atoms with Crippen molar-refractivity contribution in [2.45, 2.75) is 144 Å². The van der Waals surface area contributed by atoms with Crippen LogP contribution in [0.2, 0.25) is 0 Å². The Morgan fingerprint density at radius 3 is 1.62 bits per heavy atom. The number of fused-ring (bicyclic) bond motifs is 1. The molecule has 2 aliphatic rings. The molecule has 2 heterocycles. The van der Waals surface area contributed by atoms with Gasteiger partial charge in [-0.05, 0) is 36.5 Å². The molecule has 1 fully saturated rings. The molecule has 0 bridgehead atoms. The molecule has 3 N–H and O–H groups in total. The summed E-state index contributed by atoms with van der Waals surface area (Å²) in [4.78, 5) is 27.8. The molecule has 1 saturated carbocycles. The molecule has 1 aliphatic heterocycles. The van der Waals surface area contributed by atoms with Crippen LogP contribution in [0.4, 0.5) is 5.00 Å². The van der Waals surface area contributed by atoms with E-state index >= 15 is 0 Å². The van der Waals surface area contributed by atoms with Gasteiger partial charge in [0.15, 0.2) is 0 Å². The van der Waals surface area contributed by atoms with Gasteiger partial charge in [-0.2, -0.15) is 0 Å². The molecule has 1 aromatic rings. The first-order chi connectivity index (χ1) is 17.4. The molecular weight excluding hydrogens is 480 g/mol. The third-order valence-electron chi connectivity index (χ3n) is 9.67. The van der Waals surface area contributed by atoms with Crippen LogP contribution in [0.1, 0.15) is 153 Å². The largest absolute Gasteiger partial charge is 0.365 e. The molecule has 0 spiro atoms. The molecule has 2 amide bonds. The summed E-state index contributed by atoms with van der Waals surface area (Å²) < 4.78 is 7.32. The van der Waals surface area contributed by atoms with E-state index in [9.17, 15) is 9.59 Å². The molecule has 0 unspecified atom stereocenters. The average molecular weight is 533 g/mol. The minimum absolute atomic E-state index is 0.00113. The Balaban J connectivity index is 2.19. The Bertz CT molecular complexity index is 947. The fourth-order valence-electron chi connectivity index (χ4n) is 6.80. The molecule has 0 aromatic carbocycles. The number of nitrogens with one attached hydrogen (secondary N) is 1. The fraction of sp³-hybridized carbons (Fsp3) is 0.806. The lowest BCUT2D eigenvalue weighted by Gasteiger charge is -2.37. The summed E-state index contributed by atoms with van der Waals surface area (Å²) in [5.41, 5.74) is 6.55. The number of primary amides is 1. The maximum atomic E-state index is 13.5. The van der Waals surface area contributed by atoms with Crippen molar-refractivity contribution in [1.82, 2.24) is 0 Å². The summed E-state index contributed by atoms with van der Waals surface area (Å²) in [6.45, 7) is 17.4. The summed E-state index contributed by atoms with van der Waals surface area (Å²) in [6, 6.07) is 0. The van der Waals surface area contributed by atoms with E-state index in [0.717, 1.165) is 87.5 Å². The summed E-state index contributed by atoms with van der Waals surface area (Å²) >= 11 is 1.57. The van der Waals surface area contributed by atoms with E-state index in [2.05, 4.69) is 60.7 Å². The number of nitrogens with two attached hydrogens (primary N) is 1. The third-order valence-corrected chi connectivity index (χ3v) is 11.0. The van der Waals surface area contributed by atoms with E-state index in [1.807, 2.05) is 0 Å². The standard InChI is InChI=1S/C31H52N2O3S/c1-9-13-17-30(18-14-10-2)22-21(25(32)34)27(33-26(35)23-28(5,6)29(23,7)8)37-24(22)31(36-30,19-15-11-3)20-16-12-4/h23H,9-20H2,1-8H3,(H2,32,34)(H,33,35). The van der Waals surface area contributed by atoms with Crippen molar-refractivity contribution in [3.8, 4) is 0 Å². The number of carbonyl (C=O) groups is 2. The van der Waals surface area contributed by atoms with E-state index < -0.39 is 17.1 Å². The normalized spacial score (nSPS) is 20.5. The number of anilines is 1. The Kier molecular flexibility index (Phi) is 9.27. The molecular formula is C31H52N2O3S. The number of carbonyl (C=O) groups excluding carboxylic acids is 2. The molecule has 1 aliphatic carbocycles. The number of hydrogen-bond acceptors (Lipinski definition) is 4. The molecule has 5 nitrogen and oxygen atoms in total. The SMILES string of the molecule is CCCCC1(CCCC)OC(CCCC)(CCCC)c2c1sc(NC(=O)C1C(C)(C)C1(C)C)c2C(N)=O. The van der Waals surface area contributed by atoms with Crippen LogP contribution in [0, 0.1) is 16.7 Å². The van der Waals surface area contributed by atoms with E-state index in [0.29, 0.717) is 10.6 Å². The predicted octanol–water partition coefficient (Wildman–Crippen LogP) is 8.65. The Morgan fingerprint density at radius 2 is 1.24 bits per heavy atom. The second-order valence-electron chi connectivity index (χ2n) is 12.7. The minimum atomic E-state index is -0.523. The van der Waals surface area contributed by atoms with Crippen molar-refractivity contribution in [3.05, 3.63) is 16.0 Å². The number of unbranched alkanes of at least 4 members (excludes halogenated alkanes) is 4. The van der Waals surface area contributed by atoms with E-state index in [4.69, 9.17) is 10.5 Å². The van der Waals surface area contributed by atoms with Gasteiger partial charge in [0, 0.05) is 16.4 Å². The lowest BCUT2D eigenvalue weighted by molar-refractivity contribution is -0.160. The van der Waals surface area contributed by atoms with Crippen LogP contribution in [0.3, 0.4) is 0 Å². The van der Waals surface area contributed by atoms with Gasteiger partial charge < -0.3 is 15.8 Å². The zero-order valence-electron chi connectivity index (χ0n) is 24.8. The van der Waals surface area contributed by atoms with E-state index in [1.165, 1.54) is 0 Å². The Hall–Kier alpha value is -1.40. The van der Waals surface area contributed by atoms with Gasteiger partial charge >= 0.3 is 0 Å². The second kappa shape index (κ2) is 11.4. The fourth-order valence-corrected chi connectivity index (χ4v) is 8.28. The number of ether oxygens (including phenoxy) is 1. The van der Waals surface area contributed by atoms with Gasteiger partial charge in [0.2, 0.25) is 5.91 Å². The summed E-state index contributed by atoms with van der Waals surface area (Å²) in [5, 5.41) is 3.86. The minimum Gasteiger partial charge on any atom is -0.365 e. The van der Waals surface area contributed by atoms with Gasteiger partial charge in [0.1, 0.15) is 10.6 Å². The van der Waals surface area contributed by atoms with Crippen LogP contribution >= 0.6 is 11.3 Å². The topological polar surface area (TPSA) is 81.4 Å². The van der Waals surface area contributed by atoms with Gasteiger partial charge in [-0.3, -0.25) is 9.59 Å². The predicted molar refractivity (Wildman–Crippen MR) is 155 cm³/mol. The van der Waals surface area contributed by atoms with Crippen LogP contribution in [0.25, 0.3) is 0 Å². The van der Waals surface area contributed by atoms with Crippen molar-refractivity contribution >= 4 is 28.2 Å². The number of hydrogen-bond donors (Lipinski definition) is 2. The molecule has 3 rings (SSSR count). The molecule has 0 radical (unpaired) electrons. The van der Waals surface area contributed by atoms with Crippen molar-refractivity contribution in [3.63, 3.8) is 0 Å². The quantitative estimate of drug-likeness (QED) is 0.237. The van der Waals surface area contributed by atoms with Gasteiger partial charge in [0.25, 0.3) is 5.91 Å². The lowest BCUT2D eigenvalue weighted by atomic mass is 9.81. The van der Waals surface area contributed by atoms with Crippen LogP contribution in [-0.4, -0.2) is 11.8 Å². The molecule has 0 atom stereocenters. The second-order valence-corrected chi connectivity index (χ2v) is 13.8. The van der Waals surface area contributed by atoms with Crippen molar-refractivity contribution in [2.75, 3.05) is 5.32 Å². The number of rotatable bonds is 15. The Morgan fingerprint density at radius 1 is 0.811 bits per heavy atom. The van der Waals surface area contributed by atoms with Crippen molar-refractivity contribution in [1.29, 1.82) is 0 Å². The first-order valence-electron chi connectivity index (χ1n) is 14.9. The van der Waals surface area contributed by atoms with E-state index in [-0.39, 0.29) is 22.7 Å². The summed E-state index contributed by atoms with van der Waals surface area (Å²) in [6.07, 6.45) is 12.1.